The Balaban J connectivity index is 2.23. The number of ether oxygens (including phenoxy) is 1. The molecular formula is C17H15Cl2FN4O2. The average Bonchev–Trinajstić information content (AvgIpc) is 2.58. The van der Waals surface area contributed by atoms with E-state index in [0.717, 1.165) is 0 Å². The highest BCUT2D eigenvalue weighted by Crippen LogP contribution is 2.35. The van der Waals surface area contributed by atoms with E-state index in [1.807, 2.05) is 0 Å². The van der Waals surface area contributed by atoms with Crippen molar-refractivity contribution in [2.24, 2.45) is 5.73 Å². The quantitative estimate of drug-likeness (QED) is 0.544. The zero-order chi connectivity index (χ0) is 19.3. The van der Waals surface area contributed by atoms with Crippen LogP contribution in [0.25, 0.3) is 0 Å². The number of carbonyl (C=O) groups excluding carboxylic acids is 1. The van der Waals surface area contributed by atoms with Gasteiger partial charge in [0.15, 0.2) is 11.6 Å². The summed E-state index contributed by atoms with van der Waals surface area (Å²) in [6.07, 6.45) is 0.765. The highest BCUT2D eigenvalue weighted by Gasteiger charge is 2.19. The molecule has 0 fully saturated rings. The second-order valence-corrected chi connectivity index (χ2v) is 5.93. The molecule has 9 heteroatoms. The molecule has 0 bridgehead atoms. The summed E-state index contributed by atoms with van der Waals surface area (Å²) in [6.45, 7) is 1.74. The minimum absolute atomic E-state index is 0.0841. The van der Waals surface area contributed by atoms with Crippen LogP contribution in [0.3, 0.4) is 0 Å². The molecule has 2 amide bonds. The molecule has 6 nitrogen and oxygen atoms in total. The molecule has 0 radical (unpaired) electrons. The van der Waals surface area contributed by atoms with Gasteiger partial charge in [-0.15, -0.1) is 0 Å². The fourth-order valence-corrected chi connectivity index (χ4v) is 2.74. The molecule has 0 spiro atoms. The van der Waals surface area contributed by atoms with Crippen LogP contribution in [0.15, 0.2) is 24.4 Å². The van der Waals surface area contributed by atoms with E-state index < -0.39 is 18.0 Å². The van der Waals surface area contributed by atoms with Crippen molar-refractivity contribution in [3.05, 3.63) is 51.4 Å². The van der Waals surface area contributed by atoms with E-state index in [2.05, 4.69) is 22.1 Å². The molecule has 0 saturated carbocycles. The van der Waals surface area contributed by atoms with Gasteiger partial charge >= 0.3 is 6.03 Å². The average molecular weight is 397 g/mol. The Morgan fingerprint density at radius 1 is 1.46 bits per heavy atom. The van der Waals surface area contributed by atoms with Crippen LogP contribution >= 0.6 is 23.2 Å². The summed E-state index contributed by atoms with van der Waals surface area (Å²) in [5, 5.41) is 2.48. The SMILES string of the molecule is CC(Oc1cc(C#CCNC(N)=O)cnc1N)c1c(Cl)ccc(F)c1Cl. The van der Waals surface area contributed by atoms with E-state index in [4.69, 9.17) is 39.4 Å². The summed E-state index contributed by atoms with van der Waals surface area (Å²) in [5.41, 5.74) is 11.6. The lowest BCUT2D eigenvalue weighted by Gasteiger charge is -2.18. The molecule has 0 aliphatic carbocycles. The number of nitrogens with two attached hydrogens (primary N) is 2. The van der Waals surface area contributed by atoms with Crippen molar-refractivity contribution in [1.82, 2.24) is 10.3 Å². The van der Waals surface area contributed by atoms with E-state index >= 15 is 0 Å². The third kappa shape index (κ3) is 4.91. The zero-order valence-corrected chi connectivity index (χ0v) is 15.2. The molecule has 0 aliphatic heterocycles. The van der Waals surface area contributed by atoms with Gasteiger partial charge in [0.1, 0.15) is 11.9 Å². The van der Waals surface area contributed by atoms with Gasteiger partial charge in [-0.2, -0.15) is 0 Å². The topological polar surface area (TPSA) is 103 Å². The van der Waals surface area contributed by atoms with Gasteiger partial charge in [0, 0.05) is 28.4 Å². The number of anilines is 1. The number of halogens is 3. The van der Waals surface area contributed by atoms with Crippen molar-refractivity contribution < 1.29 is 13.9 Å². The van der Waals surface area contributed by atoms with Gasteiger partial charge in [-0.25, -0.2) is 14.2 Å². The van der Waals surface area contributed by atoms with Crippen LogP contribution in [0.1, 0.15) is 24.2 Å². The molecule has 2 rings (SSSR count). The fourth-order valence-electron chi connectivity index (χ4n) is 2.06. The summed E-state index contributed by atoms with van der Waals surface area (Å²) in [4.78, 5) is 14.6. The number of benzene rings is 1. The van der Waals surface area contributed by atoms with Crippen molar-refractivity contribution in [3.8, 4) is 17.6 Å². The Kier molecular flexibility index (Phi) is 6.50. The third-order valence-electron chi connectivity index (χ3n) is 3.26. The van der Waals surface area contributed by atoms with E-state index in [9.17, 15) is 9.18 Å². The summed E-state index contributed by atoms with van der Waals surface area (Å²) in [6, 6.07) is 3.47. The number of nitrogens with zero attached hydrogens (tertiary/aromatic N) is 1. The molecule has 1 heterocycles. The largest absolute Gasteiger partial charge is 0.482 e. The molecule has 26 heavy (non-hydrogen) atoms. The van der Waals surface area contributed by atoms with Crippen LogP contribution in [-0.2, 0) is 0 Å². The number of aromatic nitrogens is 1. The predicted molar refractivity (Wildman–Crippen MR) is 98.6 cm³/mol. The Labute approximate surface area is 159 Å². The van der Waals surface area contributed by atoms with Crippen molar-refractivity contribution in [1.29, 1.82) is 0 Å². The molecule has 0 saturated heterocycles. The number of hydrogen-bond acceptors (Lipinski definition) is 4. The molecule has 2 aromatic rings. The lowest BCUT2D eigenvalue weighted by molar-refractivity contribution is 0.227. The van der Waals surface area contributed by atoms with Crippen LogP contribution in [0, 0.1) is 17.7 Å². The van der Waals surface area contributed by atoms with Gasteiger partial charge in [0.05, 0.1) is 11.6 Å². The molecule has 5 N–H and O–H groups in total. The van der Waals surface area contributed by atoms with Crippen LogP contribution in [-0.4, -0.2) is 17.6 Å². The first-order chi connectivity index (χ1) is 12.3. The zero-order valence-electron chi connectivity index (χ0n) is 13.6. The van der Waals surface area contributed by atoms with E-state index in [1.54, 1.807) is 13.0 Å². The molecular weight excluding hydrogens is 382 g/mol. The van der Waals surface area contributed by atoms with Crippen molar-refractivity contribution in [2.45, 2.75) is 13.0 Å². The maximum absolute atomic E-state index is 13.7. The van der Waals surface area contributed by atoms with Crippen LogP contribution in [0.2, 0.25) is 10.0 Å². The number of hydrogen-bond donors (Lipinski definition) is 3. The third-order valence-corrected chi connectivity index (χ3v) is 3.97. The summed E-state index contributed by atoms with van der Waals surface area (Å²) < 4.78 is 19.4. The predicted octanol–water partition coefficient (Wildman–Crippen LogP) is 3.27. The lowest BCUT2D eigenvalue weighted by Crippen LogP contribution is -2.29. The van der Waals surface area contributed by atoms with E-state index in [1.165, 1.54) is 18.3 Å². The second kappa shape index (κ2) is 8.61. The van der Waals surface area contributed by atoms with Crippen LogP contribution in [0.4, 0.5) is 15.0 Å². The Morgan fingerprint density at radius 3 is 2.88 bits per heavy atom. The first-order valence-electron chi connectivity index (χ1n) is 7.37. The molecule has 1 aromatic carbocycles. The minimum atomic E-state index is -0.686. The Bertz CT molecular complexity index is 896. The summed E-state index contributed by atoms with van der Waals surface area (Å²) in [5.74, 6) is 5.25. The number of amides is 2. The minimum Gasteiger partial charge on any atom is -0.482 e. The lowest BCUT2D eigenvalue weighted by atomic mass is 10.1. The van der Waals surface area contributed by atoms with Gasteiger partial charge in [-0.3, -0.25) is 0 Å². The number of pyridine rings is 1. The highest BCUT2D eigenvalue weighted by molar-refractivity contribution is 6.36. The van der Waals surface area contributed by atoms with Gasteiger partial charge in [0.2, 0.25) is 0 Å². The number of urea groups is 1. The van der Waals surface area contributed by atoms with Crippen molar-refractivity contribution in [3.63, 3.8) is 0 Å². The number of nitrogen functional groups attached to an aromatic ring is 1. The fraction of sp³-hybridized carbons (Fsp3) is 0.176. The van der Waals surface area contributed by atoms with Gasteiger partial charge in [0.25, 0.3) is 0 Å². The smallest absolute Gasteiger partial charge is 0.312 e. The number of rotatable bonds is 4. The molecule has 1 atom stereocenters. The maximum Gasteiger partial charge on any atom is 0.312 e. The van der Waals surface area contributed by atoms with Gasteiger partial charge in [-0.05, 0) is 19.1 Å². The van der Waals surface area contributed by atoms with Crippen LogP contribution < -0.4 is 21.5 Å². The Morgan fingerprint density at radius 2 is 2.19 bits per heavy atom. The van der Waals surface area contributed by atoms with Gasteiger partial charge in [-0.1, -0.05) is 35.0 Å². The first kappa shape index (κ1) is 19.6. The number of nitrogens with one attached hydrogen (secondary N) is 1. The maximum atomic E-state index is 13.7. The number of carbonyl (C=O) groups is 1. The van der Waals surface area contributed by atoms with Crippen LogP contribution in [0.5, 0.6) is 5.75 Å². The normalized spacial score (nSPS) is 11.2. The molecule has 1 aromatic heterocycles. The second-order valence-electron chi connectivity index (χ2n) is 5.14. The standard InChI is InChI=1S/C17H15Cl2FN4O2/c1-9(14-11(18)4-5-12(20)15(14)19)26-13-7-10(8-24-16(13)21)3-2-6-23-17(22)25/h4-5,7-9H,6H2,1H3,(H2,21,24)(H3,22,23,25). The van der Waals surface area contributed by atoms with E-state index in [0.29, 0.717) is 11.1 Å². The molecule has 136 valence electrons. The summed E-state index contributed by atoms with van der Waals surface area (Å²) in [7, 11) is 0. The summed E-state index contributed by atoms with van der Waals surface area (Å²) >= 11 is 12.1. The van der Waals surface area contributed by atoms with Crippen molar-refractivity contribution in [2.75, 3.05) is 12.3 Å². The first-order valence-corrected chi connectivity index (χ1v) is 8.13. The monoisotopic (exact) mass is 396 g/mol. The number of primary amides is 1. The van der Waals surface area contributed by atoms with E-state index in [-0.39, 0.29) is 28.2 Å². The molecule has 1 unspecified atom stereocenters. The Hall–Kier alpha value is -2.69. The van der Waals surface area contributed by atoms with Gasteiger partial charge < -0.3 is 21.5 Å². The highest BCUT2D eigenvalue weighted by atomic mass is 35.5. The molecule has 0 aliphatic rings. The van der Waals surface area contributed by atoms with Crippen molar-refractivity contribution >= 4 is 35.1 Å².